The Balaban J connectivity index is 1.64. The second kappa shape index (κ2) is 6.92. The fourth-order valence-electron chi connectivity index (χ4n) is 3.29. The summed E-state index contributed by atoms with van der Waals surface area (Å²) >= 11 is 3.39. The molecule has 2 aromatic carbocycles. The van der Waals surface area contributed by atoms with Crippen LogP contribution >= 0.6 is 15.9 Å². The number of carboxylic acid groups (broad SMARTS) is 1. The van der Waals surface area contributed by atoms with Crippen molar-refractivity contribution in [2.75, 3.05) is 18.0 Å². The lowest BCUT2D eigenvalue weighted by molar-refractivity contribution is 0.0690. The third kappa shape index (κ3) is 3.22. The normalized spacial score (nSPS) is 16.8. The molecular formula is C19H17BrN4O2. The molecule has 26 heavy (non-hydrogen) atoms. The van der Waals surface area contributed by atoms with Crippen LogP contribution in [0.1, 0.15) is 28.4 Å². The van der Waals surface area contributed by atoms with Crippen LogP contribution in [0.3, 0.4) is 0 Å². The molecule has 1 aliphatic rings. The van der Waals surface area contributed by atoms with Crippen LogP contribution in [0.15, 0.2) is 59.1 Å². The number of hydrogen-bond donors (Lipinski definition) is 1. The predicted octanol–water partition coefficient (Wildman–Crippen LogP) is 3.72. The van der Waals surface area contributed by atoms with Crippen LogP contribution in [-0.4, -0.2) is 39.2 Å². The van der Waals surface area contributed by atoms with Crippen LogP contribution in [-0.2, 0) is 0 Å². The van der Waals surface area contributed by atoms with Crippen molar-refractivity contribution in [1.82, 2.24) is 15.0 Å². The molecule has 0 bridgehead atoms. The van der Waals surface area contributed by atoms with E-state index in [-0.39, 0.29) is 5.69 Å². The number of carboxylic acids is 1. The molecule has 2 heterocycles. The molecule has 0 saturated carbocycles. The fourth-order valence-corrected chi connectivity index (χ4v) is 3.55. The number of aromatic carboxylic acids is 1. The lowest BCUT2D eigenvalue weighted by Crippen LogP contribution is -2.22. The van der Waals surface area contributed by atoms with Gasteiger partial charge in [0, 0.05) is 23.5 Å². The highest BCUT2D eigenvalue weighted by atomic mass is 79.9. The first-order chi connectivity index (χ1) is 12.6. The minimum absolute atomic E-state index is 0.0124. The molecule has 3 aromatic rings. The molecule has 0 spiro atoms. The number of nitrogens with zero attached hydrogens (tertiary/aromatic N) is 4. The maximum Gasteiger partial charge on any atom is 0.360 e. The average molecular weight is 413 g/mol. The van der Waals surface area contributed by atoms with Gasteiger partial charge < -0.3 is 10.0 Å². The molecular weight excluding hydrogens is 396 g/mol. The SMILES string of the molecule is O=C(O)c1nn(-c2ccc(Br)cc2)nc1N1CC[C@@H](c2ccccc2)C1. The number of hydrogen-bond acceptors (Lipinski definition) is 4. The highest BCUT2D eigenvalue weighted by molar-refractivity contribution is 9.10. The molecule has 1 saturated heterocycles. The molecule has 1 fully saturated rings. The van der Waals surface area contributed by atoms with E-state index in [9.17, 15) is 9.90 Å². The summed E-state index contributed by atoms with van der Waals surface area (Å²) < 4.78 is 0.942. The molecule has 1 atom stereocenters. The van der Waals surface area contributed by atoms with E-state index in [0.29, 0.717) is 11.7 Å². The van der Waals surface area contributed by atoms with E-state index in [2.05, 4.69) is 38.3 Å². The zero-order valence-electron chi connectivity index (χ0n) is 13.9. The van der Waals surface area contributed by atoms with Gasteiger partial charge in [-0.25, -0.2) is 4.79 Å². The summed E-state index contributed by atoms with van der Waals surface area (Å²) in [6.45, 7) is 1.50. The largest absolute Gasteiger partial charge is 0.476 e. The van der Waals surface area contributed by atoms with Gasteiger partial charge in [-0.15, -0.1) is 15.0 Å². The third-order valence-corrected chi connectivity index (χ3v) is 5.14. The van der Waals surface area contributed by atoms with Gasteiger partial charge in [-0.1, -0.05) is 46.3 Å². The van der Waals surface area contributed by atoms with Crippen LogP contribution in [0.25, 0.3) is 5.69 Å². The fraction of sp³-hybridized carbons (Fsp3) is 0.211. The summed E-state index contributed by atoms with van der Waals surface area (Å²) in [4.78, 5) is 15.1. The summed E-state index contributed by atoms with van der Waals surface area (Å²) in [6, 6.07) is 17.7. The molecule has 0 unspecified atom stereocenters. The lowest BCUT2D eigenvalue weighted by Gasteiger charge is -2.16. The Morgan fingerprint density at radius 3 is 2.50 bits per heavy atom. The van der Waals surface area contributed by atoms with Gasteiger partial charge in [-0.3, -0.25) is 0 Å². The topological polar surface area (TPSA) is 71.2 Å². The van der Waals surface area contributed by atoms with Crippen molar-refractivity contribution < 1.29 is 9.90 Å². The third-order valence-electron chi connectivity index (χ3n) is 4.61. The van der Waals surface area contributed by atoms with Crippen molar-refractivity contribution in [1.29, 1.82) is 0 Å². The maximum atomic E-state index is 11.7. The lowest BCUT2D eigenvalue weighted by atomic mass is 9.99. The van der Waals surface area contributed by atoms with Gasteiger partial charge in [-0.05, 0) is 36.2 Å². The zero-order valence-corrected chi connectivity index (χ0v) is 15.5. The molecule has 1 aliphatic heterocycles. The van der Waals surface area contributed by atoms with E-state index in [1.807, 2.05) is 47.4 Å². The number of anilines is 1. The summed E-state index contributed by atoms with van der Waals surface area (Å²) in [5, 5.41) is 18.2. The van der Waals surface area contributed by atoms with Gasteiger partial charge in [-0.2, -0.15) is 0 Å². The highest BCUT2D eigenvalue weighted by Gasteiger charge is 2.30. The summed E-state index contributed by atoms with van der Waals surface area (Å²) in [5.74, 6) is -0.263. The second-order valence-electron chi connectivity index (χ2n) is 6.29. The Morgan fingerprint density at radius 1 is 1.08 bits per heavy atom. The van der Waals surface area contributed by atoms with Gasteiger partial charge in [0.15, 0.2) is 5.82 Å². The van der Waals surface area contributed by atoms with Gasteiger partial charge >= 0.3 is 5.97 Å². The summed E-state index contributed by atoms with van der Waals surface area (Å²) in [6.07, 6.45) is 0.966. The van der Waals surface area contributed by atoms with Gasteiger partial charge in [0.25, 0.3) is 0 Å². The van der Waals surface area contributed by atoms with E-state index in [1.54, 1.807) is 0 Å². The van der Waals surface area contributed by atoms with E-state index in [4.69, 9.17) is 0 Å². The number of halogens is 1. The second-order valence-corrected chi connectivity index (χ2v) is 7.20. The first kappa shape index (κ1) is 16.8. The van der Waals surface area contributed by atoms with E-state index in [0.717, 1.165) is 29.7 Å². The van der Waals surface area contributed by atoms with Gasteiger partial charge in [0.05, 0.1) is 5.69 Å². The predicted molar refractivity (Wildman–Crippen MR) is 102 cm³/mol. The summed E-state index contributed by atoms with van der Waals surface area (Å²) in [7, 11) is 0. The Morgan fingerprint density at radius 2 is 1.81 bits per heavy atom. The number of benzene rings is 2. The molecule has 0 amide bonds. The van der Waals surface area contributed by atoms with Crippen LogP contribution in [0.4, 0.5) is 5.82 Å². The van der Waals surface area contributed by atoms with Crippen molar-refractivity contribution >= 4 is 27.7 Å². The average Bonchev–Trinajstić information content (AvgIpc) is 3.30. The number of carbonyl (C=O) groups is 1. The first-order valence-corrected chi connectivity index (χ1v) is 9.17. The molecule has 0 radical (unpaired) electrons. The van der Waals surface area contributed by atoms with Gasteiger partial charge in [0.2, 0.25) is 5.69 Å². The van der Waals surface area contributed by atoms with Crippen molar-refractivity contribution in [3.05, 3.63) is 70.3 Å². The quantitative estimate of drug-likeness (QED) is 0.706. The number of rotatable bonds is 4. The molecule has 132 valence electrons. The Bertz CT molecular complexity index is 924. The number of aromatic nitrogens is 3. The molecule has 6 nitrogen and oxygen atoms in total. The van der Waals surface area contributed by atoms with E-state index < -0.39 is 5.97 Å². The summed E-state index contributed by atoms with van der Waals surface area (Å²) in [5.41, 5.74) is 1.98. The zero-order chi connectivity index (χ0) is 18.1. The van der Waals surface area contributed by atoms with Crippen LogP contribution < -0.4 is 4.90 Å². The minimum atomic E-state index is -1.06. The maximum absolute atomic E-state index is 11.7. The van der Waals surface area contributed by atoms with Crippen molar-refractivity contribution in [3.63, 3.8) is 0 Å². The van der Waals surface area contributed by atoms with Gasteiger partial charge in [0.1, 0.15) is 0 Å². The van der Waals surface area contributed by atoms with Crippen molar-refractivity contribution in [2.24, 2.45) is 0 Å². The molecule has 7 heteroatoms. The van der Waals surface area contributed by atoms with Crippen LogP contribution in [0.5, 0.6) is 0 Å². The minimum Gasteiger partial charge on any atom is -0.476 e. The molecule has 4 rings (SSSR count). The highest BCUT2D eigenvalue weighted by Crippen LogP contribution is 2.31. The first-order valence-electron chi connectivity index (χ1n) is 8.38. The molecule has 1 N–H and O–H groups in total. The van der Waals surface area contributed by atoms with E-state index in [1.165, 1.54) is 10.4 Å². The molecule has 0 aliphatic carbocycles. The smallest absolute Gasteiger partial charge is 0.360 e. The van der Waals surface area contributed by atoms with Crippen LogP contribution in [0, 0.1) is 0 Å². The van der Waals surface area contributed by atoms with Crippen LogP contribution in [0.2, 0.25) is 0 Å². The Labute approximate surface area is 159 Å². The Kier molecular flexibility index (Phi) is 4.46. The monoisotopic (exact) mass is 412 g/mol. The molecule has 1 aromatic heterocycles. The standard InChI is InChI=1S/C19H17BrN4O2/c20-15-6-8-16(9-7-15)24-21-17(19(25)26)18(22-24)23-11-10-14(12-23)13-4-2-1-3-5-13/h1-9,14H,10-12H2,(H,25,26)/t14-/m1/s1. The van der Waals surface area contributed by atoms with Crippen molar-refractivity contribution in [2.45, 2.75) is 12.3 Å². The van der Waals surface area contributed by atoms with E-state index >= 15 is 0 Å². The van der Waals surface area contributed by atoms with Crippen molar-refractivity contribution in [3.8, 4) is 5.69 Å². The Hall–Kier alpha value is -2.67.